The molecule has 1 amide bonds. The van der Waals surface area contributed by atoms with Crippen LogP contribution in [-0.4, -0.2) is 45.9 Å². The molecule has 1 fully saturated rings. The minimum atomic E-state index is 0. The standard InChI is InChI=1S/C14H24N4OS.ClH/c1-4-11-8-18(10(3)19)12(5-2)7-17(11)9-13-6-16-14(15)20-13;/h6,11-12H,4-5,7-9H2,1-3H3,(H2,15,16);1H. The second-order valence-electron chi connectivity index (χ2n) is 5.39. The number of piperazine rings is 1. The van der Waals surface area contributed by atoms with E-state index in [0.29, 0.717) is 17.2 Å². The SMILES string of the molecule is CCC1CN(C(C)=O)C(CC)CN1Cc1cnc(N)s1.Cl. The lowest BCUT2D eigenvalue weighted by atomic mass is 10.0. The number of anilines is 1. The zero-order valence-electron chi connectivity index (χ0n) is 12.9. The molecule has 0 bridgehead atoms. The number of aromatic nitrogens is 1. The summed E-state index contributed by atoms with van der Waals surface area (Å²) in [5.41, 5.74) is 5.70. The Morgan fingerprint density at radius 1 is 1.38 bits per heavy atom. The summed E-state index contributed by atoms with van der Waals surface area (Å²) >= 11 is 1.55. The molecule has 1 aliphatic heterocycles. The van der Waals surface area contributed by atoms with Crippen molar-refractivity contribution < 1.29 is 4.79 Å². The summed E-state index contributed by atoms with van der Waals surface area (Å²) in [4.78, 5) is 21.6. The molecule has 1 aromatic heterocycles. The Bertz CT molecular complexity index is 468. The molecular formula is C14H25ClN4OS. The molecule has 2 heterocycles. The summed E-state index contributed by atoms with van der Waals surface area (Å²) < 4.78 is 0. The van der Waals surface area contributed by atoms with Gasteiger partial charge in [0.25, 0.3) is 0 Å². The first kappa shape index (κ1) is 18.2. The number of hydrogen-bond acceptors (Lipinski definition) is 5. The maximum Gasteiger partial charge on any atom is 0.219 e. The number of carbonyl (C=O) groups excluding carboxylic acids is 1. The Balaban J connectivity index is 0.00000220. The van der Waals surface area contributed by atoms with E-state index in [-0.39, 0.29) is 18.3 Å². The molecule has 0 radical (unpaired) electrons. The summed E-state index contributed by atoms with van der Waals surface area (Å²) in [5, 5.41) is 0.627. The van der Waals surface area contributed by atoms with Crippen LogP contribution in [0, 0.1) is 0 Å². The van der Waals surface area contributed by atoms with Gasteiger partial charge in [0.05, 0.1) is 0 Å². The molecule has 2 N–H and O–H groups in total. The highest BCUT2D eigenvalue weighted by Crippen LogP contribution is 2.24. The van der Waals surface area contributed by atoms with Crippen molar-refractivity contribution in [3.8, 4) is 0 Å². The third-order valence-corrected chi connectivity index (χ3v) is 4.90. The van der Waals surface area contributed by atoms with Crippen molar-refractivity contribution in [2.45, 2.75) is 52.2 Å². The second kappa shape index (κ2) is 7.96. The molecule has 0 spiro atoms. The molecule has 0 saturated carbocycles. The van der Waals surface area contributed by atoms with E-state index in [4.69, 9.17) is 5.73 Å². The molecule has 21 heavy (non-hydrogen) atoms. The number of rotatable bonds is 4. The number of halogens is 1. The quantitative estimate of drug-likeness (QED) is 0.919. The molecule has 1 saturated heterocycles. The van der Waals surface area contributed by atoms with Crippen molar-refractivity contribution >= 4 is 34.8 Å². The predicted molar refractivity (Wildman–Crippen MR) is 89.7 cm³/mol. The Kier molecular flexibility index (Phi) is 6.90. The molecule has 120 valence electrons. The molecule has 1 aromatic rings. The molecule has 5 nitrogen and oxygen atoms in total. The van der Waals surface area contributed by atoms with Crippen molar-refractivity contribution in [1.82, 2.24) is 14.8 Å². The maximum absolute atomic E-state index is 11.8. The van der Waals surface area contributed by atoms with Gasteiger partial charge in [-0.1, -0.05) is 13.8 Å². The third kappa shape index (κ3) is 4.31. The van der Waals surface area contributed by atoms with Crippen LogP contribution in [0.4, 0.5) is 5.13 Å². The van der Waals surface area contributed by atoms with Gasteiger partial charge in [0, 0.05) is 49.7 Å². The van der Waals surface area contributed by atoms with Gasteiger partial charge in [-0.15, -0.1) is 23.7 Å². The number of hydrogen-bond donors (Lipinski definition) is 1. The normalized spacial score (nSPS) is 22.9. The molecular weight excluding hydrogens is 308 g/mol. The number of carbonyl (C=O) groups is 1. The fraction of sp³-hybridized carbons (Fsp3) is 0.714. The van der Waals surface area contributed by atoms with Gasteiger partial charge >= 0.3 is 0 Å². The zero-order valence-corrected chi connectivity index (χ0v) is 14.5. The van der Waals surface area contributed by atoms with Crippen LogP contribution in [0.15, 0.2) is 6.20 Å². The van der Waals surface area contributed by atoms with Gasteiger partial charge in [-0.2, -0.15) is 0 Å². The summed E-state index contributed by atoms with van der Waals surface area (Å²) in [6, 6.07) is 0.741. The lowest BCUT2D eigenvalue weighted by Crippen LogP contribution is -2.58. The fourth-order valence-corrected chi connectivity index (χ4v) is 3.63. The highest BCUT2D eigenvalue weighted by Gasteiger charge is 2.33. The average Bonchev–Trinajstić information content (AvgIpc) is 2.83. The minimum Gasteiger partial charge on any atom is -0.375 e. The van der Waals surface area contributed by atoms with E-state index < -0.39 is 0 Å². The number of amides is 1. The molecule has 2 unspecified atom stereocenters. The van der Waals surface area contributed by atoms with Crippen LogP contribution in [0.1, 0.15) is 38.5 Å². The molecule has 0 aliphatic carbocycles. The number of nitrogens with zero attached hydrogens (tertiary/aromatic N) is 3. The summed E-state index contributed by atoms with van der Waals surface area (Å²) in [5.74, 6) is 0.192. The molecule has 0 aromatic carbocycles. The fourth-order valence-electron chi connectivity index (χ4n) is 2.92. The van der Waals surface area contributed by atoms with Crippen molar-refractivity contribution in [2.24, 2.45) is 0 Å². The maximum atomic E-state index is 11.8. The first-order valence-electron chi connectivity index (χ1n) is 7.26. The van der Waals surface area contributed by atoms with E-state index >= 15 is 0 Å². The van der Waals surface area contributed by atoms with E-state index in [2.05, 4.69) is 23.7 Å². The Morgan fingerprint density at radius 2 is 2.05 bits per heavy atom. The number of nitrogen functional groups attached to an aromatic ring is 1. The first-order chi connectivity index (χ1) is 9.55. The summed E-state index contributed by atoms with van der Waals surface area (Å²) in [6.07, 6.45) is 3.91. The van der Waals surface area contributed by atoms with Crippen molar-refractivity contribution in [3.63, 3.8) is 0 Å². The van der Waals surface area contributed by atoms with Crippen LogP contribution < -0.4 is 5.73 Å². The van der Waals surface area contributed by atoms with Gasteiger partial charge in [-0.3, -0.25) is 9.69 Å². The van der Waals surface area contributed by atoms with Gasteiger partial charge in [0.1, 0.15) is 0 Å². The van der Waals surface area contributed by atoms with Crippen LogP contribution >= 0.6 is 23.7 Å². The Labute approximate surface area is 136 Å². The van der Waals surface area contributed by atoms with Crippen LogP contribution in [0.2, 0.25) is 0 Å². The van der Waals surface area contributed by atoms with Gasteiger partial charge < -0.3 is 10.6 Å². The lowest BCUT2D eigenvalue weighted by molar-refractivity contribution is -0.135. The van der Waals surface area contributed by atoms with Gasteiger partial charge in [0.15, 0.2) is 5.13 Å². The first-order valence-corrected chi connectivity index (χ1v) is 8.08. The van der Waals surface area contributed by atoms with E-state index in [1.165, 1.54) is 4.88 Å². The van der Waals surface area contributed by atoms with Gasteiger partial charge in [-0.25, -0.2) is 4.98 Å². The molecule has 2 rings (SSSR count). The van der Waals surface area contributed by atoms with Crippen molar-refractivity contribution in [3.05, 3.63) is 11.1 Å². The van der Waals surface area contributed by atoms with Gasteiger partial charge in [-0.05, 0) is 12.8 Å². The third-order valence-electron chi connectivity index (χ3n) is 4.09. The average molecular weight is 333 g/mol. The smallest absolute Gasteiger partial charge is 0.219 e. The van der Waals surface area contributed by atoms with E-state index in [1.807, 2.05) is 11.1 Å². The van der Waals surface area contributed by atoms with Crippen LogP contribution in [-0.2, 0) is 11.3 Å². The van der Waals surface area contributed by atoms with Crippen LogP contribution in [0.5, 0.6) is 0 Å². The van der Waals surface area contributed by atoms with E-state index in [0.717, 1.165) is 32.5 Å². The van der Waals surface area contributed by atoms with E-state index in [1.54, 1.807) is 18.3 Å². The highest BCUT2D eigenvalue weighted by molar-refractivity contribution is 7.15. The topological polar surface area (TPSA) is 62.5 Å². The largest absolute Gasteiger partial charge is 0.375 e. The number of nitrogens with two attached hydrogens (primary N) is 1. The van der Waals surface area contributed by atoms with Crippen molar-refractivity contribution in [1.29, 1.82) is 0 Å². The minimum absolute atomic E-state index is 0. The van der Waals surface area contributed by atoms with Crippen LogP contribution in [0.3, 0.4) is 0 Å². The Morgan fingerprint density at radius 3 is 2.52 bits per heavy atom. The molecule has 1 aliphatic rings. The second-order valence-corrected chi connectivity index (χ2v) is 6.54. The predicted octanol–water partition coefficient (Wildman–Crippen LogP) is 2.37. The van der Waals surface area contributed by atoms with Crippen LogP contribution in [0.25, 0.3) is 0 Å². The zero-order chi connectivity index (χ0) is 14.7. The summed E-state index contributed by atoms with van der Waals surface area (Å²) in [6.45, 7) is 8.66. The molecule has 2 atom stereocenters. The highest BCUT2D eigenvalue weighted by atomic mass is 35.5. The monoisotopic (exact) mass is 332 g/mol. The molecule has 7 heteroatoms. The van der Waals surface area contributed by atoms with E-state index in [9.17, 15) is 4.79 Å². The lowest BCUT2D eigenvalue weighted by Gasteiger charge is -2.45. The van der Waals surface area contributed by atoms with Crippen molar-refractivity contribution in [2.75, 3.05) is 18.8 Å². The van der Waals surface area contributed by atoms with Gasteiger partial charge in [0.2, 0.25) is 5.91 Å². The number of thiazole rings is 1. The summed E-state index contributed by atoms with van der Waals surface area (Å²) in [7, 11) is 0. The Hall–Kier alpha value is -0.850.